The summed E-state index contributed by atoms with van der Waals surface area (Å²) >= 11 is 0. The van der Waals surface area contributed by atoms with Crippen molar-refractivity contribution in [2.24, 2.45) is 5.92 Å². The SMILES string of the molecule is CC(C)CNC(=O)C(C)NC(C)c1cn[nH]c1. The monoisotopic (exact) mass is 238 g/mol. The number of aromatic nitrogens is 2. The molecule has 0 saturated heterocycles. The first kappa shape index (κ1) is 13.7. The van der Waals surface area contributed by atoms with Crippen molar-refractivity contribution in [2.75, 3.05) is 6.54 Å². The average molecular weight is 238 g/mol. The lowest BCUT2D eigenvalue weighted by Gasteiger charge is -2.19. The predicted octanol–water partition coefficient (Wildman–Crippen LogP) is 1.22. The zero-order chi connectivity index (χ0) is 12.8. The first-order valence-electron chi connectivity index (χ1n) is 6.03. The van der Waals surface area contributed by atoms with Crippen molar-refractivity contribution >= 4 is 5.91 Å². The summed E-state index contributed by atoms with van der Waals surface area (Å²) < 4.78 is 0. The quantitative estimate of drug-likeness (QED) is 0.698. The molecule has 0 saturated carbocycles. The van der Waals surface area contributed by atoms with Crippen LogP contribution in [0.25, 0.3) is 0 Å². The number of amides is 1. The zero-order valence-corrected chi connectivity index (χ0v) is 10.9. The topological polar surface area (TPSA) is 69.8 Å². The third-order valence-electron chi connectivity index (χ3n) is 2.60. The largest absolute Gasteiger partial charge is 0.354 e. The highest BCUT2D eigenvalue weighted by atomic mass is 16.2. The maximum absolute atomic E-state index is 11.8. The van der Waals surface area contributed by atoms with Crippen molar-refractivity contribution in [1.82, 2.24) is 20.8 Å². The first-order valence-corrected chi connectivity index (χ1v) is 6.03. The van der Waals surface area contributed by atoms with E-state index in [9.17, 15) is 4.79 Å². The number of nitrogens with zero attached hydrogens (tertiary/aromatic N) is 1. The predicted molar refractivity (Wildman–Crippen MR) is 67.4 cm³/mol. The van der Waals surface area contributed by atoms with Gasteiger partial charge in [-0.2, -0.15) is 5.10 Å². The molecule has 0 aliphatic rings. The molecule has 2 atom stereocenters. The normalized spacial score (nSPS) is 14.6. The van der Waals surface area contributed by atoms with Crippen LogP contribution >= 0.6 is 0 Å². The van der Waals surface area contributed by atoms with Gasteiger partial charge < -0.3 is 5.32 Å². The number of carbonyl (C=O) groups excluding carboxylic acids is 1. The summed E-state index contributed by atoms with van der Waals surface area (Å²) in [6.07, 6.45) is 3.59. The van der Waals surface area contributed by atoms with E-state index in [4.69, 9.17) is 0 Å². The van der Waals surface area contributed by atoms with E-state index in [1.165, 1.54) is 0 Å². The minimum atomic E-state index is -0.210. The molecular formula is C12H22N4O. The highest BCUT2D eigenvalue weighted by molar-refractivity contribution is 5.81. The molecule has 1 heterocycles. The van der Waals surface area contributed by atoms with E-state index in [0.29, 0.717) is 12.5 Å². The fraction of sp³-hybridized carbons (Fsp3) is 0.667. The van der Waals surface area contributed by atoms with Gasteiger partial charge in [0.15, 0.2) is 0 Å². The van der Waals surface area contributed by atoms with Gasteiger partial charge in [-0.15, -0.1) is 0 Å². The van der Waals surface area contributed by atoms with Crippen LogP contribution in [-0.4, -0.2) is 28.7 Å². The van der Waals surface area contributed by atoms with Crippen molar-refractivity contribution in [3.63, 3.8) is 0 Å². The van der Waals surface area contributed by atoms with Crippen molar-refractivity contribution < 1.29 is 4.79 Å². The van der Waals surface area contributed by atoms with E-state index in [1.54, 1.807) is 6.20 Å². The lowest BCUT2D eigenvalue weighted by molar-refractivity contribution is -0.123. The van der Waals surface area contributed by atoms with E-state index >= 15 is 0 Å². The Morgan fingerprint density at radius 2 is 2.12 bits per heavy atom. The van der Waals surface area contributed by atoms with E-state index in [-0.39, 0.29) is 18.0 Å². The van der Waals surface area contributed by atoms with Crippen molar-refractivity contribution in [3.8, 4) is 0 Å². The Hall–Kier alpha value is -1.36. The van der Waals surface area contributed by atoms with Gasteiger partial charge in [0.05, 0.1) is 12.2 Å². The van der Waals surface area contributed by atoms with Crippen molar-refractivity contribution in [2.45, 2.75) is 39.8 Å². The van der Waals surface area contributed by atoms with Gasteiger partial charge in [0.2, 0.25) is 5.91 Å². The van der Waals surface area contributed by atoms with E-state index in [1.807, 2.05) is 20.0 Å². The van der Waals surface area contributed by atoms with Gasteiger partial charge in [0.25, 0.3) is 0 Å². The van der Waals surface area contributed by atoms with Gasteiger partial charge in [-0.05, 0) is 19.8 Å². The molecule has 5 nitrogen and oxygen atoms in total. The van der Waals surface area contributed by atoms with Gasteiger partial charge in [0, 0.05) is 24.3 Å². The summed E-state index contributed by atoms with van der Waals surface area (Å²) in [4.78, 5) is 11.8. The second kappa shape index (κ2) is 6.39. The van der Waals surface area contributed by atoms with Gasteiger partial charge >= 0.3 is 0 Å². The molecule has 0 aromatic carbocycles. The van der Waals surface area contributed by atoms with Crippen LogP contribution in [0.4, 0.5) is 0 Å². The maximum Gasteiger partial charge on any atom is 0.236 e. The molecule has 5 heteroatoms. The van der Waals surface area contributed by atoms with Gasteiger partial charge in [-0.1, -0.05) is 13.8 Å². The Kier molecular flexibility index (Phi) is 5.15. The molecule has 96 valence electrons. The summed E-state index contributed by atoms with van der Waals surface area (Å²) in [7, 11) is 0. The summed E-state index contributed by atoms with van der Waals surface area (Å²) in [6.45, 7) is 8.74. The highest BCUT2D eigenvalue weighted by Gasteiger charge is 2.16. The Morgan fingerprint density at radius 3 is 2.65 bits per heavy atom. The molecule has 0 fully saturated rings. The number of nitrogens with one attached hydrogen (secondary N) is 3. The molecule has 0 spiro atoms. The summed E-state index contributed by atoms with van der Waals surface area (Å²) in [6, 6.07) is -0.104. The second-order valence-corrected chi connectivity index (χ2v) is 4.78. The van der Waals surface area contributed by atoms with E-state index < -0.39 is 0 Å². The van der Waals surface area contributed by atoms with Gasteiger partial charge in [-0.3, -0.25) is 15.2 Å². The summed E-state index contributed by atoms with van der Waals surface area (Å²) in [5, 5.41) is 12.8. The van der Waals surface area contributed by atoms with Crippen LogP contribution in [0.15, 0.2) is 12.4 Å². The number of carbonyl (C=O) groups is 1. The zero-order valence-electron chi connectivity index (χ0n) is 10.9. The molecule has 1 aromatic rings. The van der Waals surface area contributed by atoms with Gasteiger partial charge in [0.1, 0.15) is 0 Å². The van der Waals surface area contributed by atoms with Crippen LogP contribution in [0.1, 0.15) is 39.3 Å². The van der Waals surface area contributed by atoms with E-state index in [2.05, 4.69) is 34.7 Å². The molecule has 0 radical (unpaired) electrons. The smallest absolute Gasteiger partial charge is 0.236 e. The Bertz CT molecular complexity index is 334. The molecule has 1 amide bonds. The molecule has 0 aliphatic heterocycles. The standard InChI is InChI=1S/C12H22N4O/c1-8(2)5-13-12(17)10(4)16-9(3)11-6-14-15-7-11/h6-10,16H,5H2,1-4H3,(H,13,17)(H,14,15). The van der Waals surface area contributed by atoms with E-state index in [0.717, 1.165) is 5.56 Å². The van der Waals surface area contributed by atoms with Crippen molar-refractivity contribution in [3.05, 3.63) is 18.0 Å². The number of rotatable bonds is 6. The third-order valence-corrected chi connectivity index (χ3v) is 2.60. The van der Waals surface area contributed by atoms with Crippen LogP contribution in [0.2, 0.25) is 0 Å². The number of H-pyrrole nitrogens is 1. The van der Waals surface area contributed by atoms with Crippen LogP contribution in [-0.2, 0) is 4.79 Å². The van der Waals surface area contributed by atoms with Crippen LogP contribution in [0.3, 0.4) is 0 Å². The Morgan fingerprint density at radius 1 is 1.41 bits per heavy atom. The molecule has 17 heavy (non-hydrogen) atoms. The first-order chi connectivity index (χ1) is 8.00. The molecular weight excluding hydrogens is 216 g/mol. The maximum atomic E-state index is 11.8. The number of aromatic amines is 1. The minimum Gasteiger partial charge on any atom is -0.354 e. The molecule has 1 rings (SSSR count). The number of hydrogen-bond donors (Lipinski definition) is 3. The Balaban J connectivity index is 2.38. The molecule has 0 aliphatic carbocycles. The fourth-order valence-corrected chi connectivity index (χ4v) is 1.50. The second-order valence-electron chi connectivity index (χ2n) is 4.78. The molecule has 1 aromatic heterocycles. The minimum absolute atomic E-state index is 0.0362. The van der Waals surface area contributed by atoms with Crippen LogP contribution in [0, 0.1) is 5.92 Å². The fourth-order valence-electron chi connectivity index (χ4n) is 1.50. The molecule has 2 unspecified atom stereocenters. The summed E-state index contributed by atoms with van der Waals surface area (Å²) in [5.74, 6) is 0.506. The lowest BCUT2D eigenvalue weighted by atomic mass is 10.1. The Labute approximate surface area is 102 Å². The lowest BCUT2D eigenvalue weighted by Crippen LogP contribution is -2.44. The average Bonchev–Trinajstić information content (AvgIpc) is 2.78. The number of hydrogen-bond acceptors (Lipinski definition) is 3. The van der Waals surface area contributed by atoms with Crippen LogP contribution in [0.5, 0.6) is 0 Å². The third kappa shape index (κ3) is 4.56. The highest BCUT2D eigenvalue weighted by Crippen LogP contribution is 2.09. The molecule has 0 bridgehead atoms. The van der Waals surface area contributed by atoms with Crippen LogP contribution < -0.4 is 10.6 Å². The summed E-state index contributed by atoms with van der Waals surface area (Å²) in [5.41, 5.74) is 1.05. The van der Waals surface area contributed by atoms with Crippen molar-refractivity contribution in [1.29, 1.82) is 0 Å². The van der Waals surface area contributed by atoms with Gasteiger partial charge in [-0.25, -0.2) is 0 Å². The molecule has 3 N–H and O–H groups in total.